The summed E-state index contributed by atoms with van der Waals surface area (Å²) in [6, 6.07) is 17.5. The molecule has 0 spiro atoms. The largest absolute Gasteiger partial charge is 0.493 e. The van der Waals surface area contributed by atoms with Crippen molar-refractivity contribution in [1.82, 2.24) is 4.90 Å². The molecule has 5 nitrogen and oxygen atoms in total. The van der Waals surface area contributed by atoms with E-state index in [9.17, 15) is 4.79 Å². The SMILES string of the molecule is CCOc1cc(=O)oc2cc(OCCCN3CC=C(c4ccccc4)CC3)ccc12.Cl. The Labute approximate surface area is 188 Å². The fourth-order valence-electron chi connectivity index (χ4n) is 3.78. The van der Waals surface area contributed by atoms with Gasteiger partial charge in [0.05, 0.1) is 24.7 Å². The van der Waals surface area contributed by atoms with Gasteiger partial charge in [0.25, 0.3) is 0 Å². The highest BCUT2D eigenvalue weighted by Crippen LogP contribution is 2.27. The van der Waals surface area contributed by atoms with Gasteiger partial charge in [-0.25, -0.2) is 4.79 Å². The molecule has 0 radical (unpaired) electrons. The van der Waals surface area contributed by atoms with Gasteiger partial charge < -0.3 is 13.9 Å². The second-order valence-corrected chi connectivity index (χ2v) is 7.37. The molecule has 1 aromatic heterocycles. The molecule has 0 saturated heterocycles. The Balaban J connectivity index is 0.00000272. The lowest BCUT2D eigenvalue weighted by Gasteiger charge is -2.26. The number of fused-ring (bicyclic) bond motifs is 1. The first-order valence-corrected chi connectivity index (χ1v) is 10.5. The molecule has 2 heterocycles. The van der Waals surface area contributed by atoms with Crippen LogP contribution in [0.15, 0.2) is 69.9 Å². The van der Waals surface area contributed by atoms with Crippen LogP contribution in [-0.2, 0) is 0 Å². The first-order chi connectivity index (χ1) is 14.7. The molecule has 1 aliphatic rings. The predicted octanol–water partition coefficient (Wildman–Crippen LogP) is 5.17. The summed E-state index contributed by atoms with van der Waals surface area (Å²) in [7, 11) is 0. The average molecular weight is 442 g/mol. The summed E-state index contributed by atoms with van der Waals surface area (Å²) in [5, 5.41) is 0.776. The average Bonchev–Trinajstić information content (AvgIpc) is 2.77. The Morgan fingerprint density at radius 3 is 2.65 bits per heavy atom. The number of hydrogen-bond donors (Lipinski definition) is 0. The van der Waals surface area contributed by atoms with Crippen LogP contribution in [0.5, 0.6) is 11.5 Å². The van der Waals surface area contributed by atoms with Gasteiger partial charge in [0, 0.05) is 25.7 Å². The summed E-state index contributed by atoms with van der Waals surface area (Å²) in [6.45, 7) is 6.05. The molecule has 164 valence electrons. The molecule has 0 amide bonds. The van der Waals surface area contributed by atoms with Gasteiger partial charge in [0.15, 0.2) is 0 Å². The van der Waals surface area contributed by atoms with Gasteiger partial charge in [-0.05, 0) is 43.0 Å². The molecule has 6 heteroatoms. The smallest absolute Gasteiger partial charge is 0.339 e. The molecule has 3 aromatic rings. The van der Waals surface area contributed by atoms with E-state index in [-0.39, 0.29) is 12.4 Å². The van der Waals surface area contributed by atoms with Crippen LogP contribution in [0.2, 0.25) is 0 Å². The first kappa shape index (κ1) is 22.9. The van der Waals surface area contributed by atoms with E-state index in [1.54, 1.807) is 6.07 Å². The van der Waals surface area contributed by atoms with E-state index >= 15 is 0 Å². The normalized spacial score (nSPS) is 14.0. The first-order valence-electron chi connectivity index (χ1n) is 10.5. The van der Waals surface area contributed by atoms with Gasteiger partial charge in [-0.1, -0.05) is 36.4 Å². The monoisotopic (exact) mass is 441 g/mol. The van der Waals surface area contributed by atoms with E-state index in [0.717, 1.165) is 37.9 Å². The third kappa shape index (κ3) is 5.90. The zero-order valence-corrected chi connectivity index (χ0v) is 18.5. The van der Waals surface area contributed by atoms with Gasteiger partial charge in [-0.2, -0.15) is 0 Å². The molecule has 0 fully saturated rings. The number of hydrogen-bond acceptors (Lipinski definition) is 5. The quantitative estimate of drug-likeness (QED) is 0.356. The van der Waals surface area contributed by atoms with Crippen LogP contribution in [0.1, 0.15) is 25.3 Å². The van der Waals surface area contributed by atoms with Crippen LogP contribution in [0, 0.1) is 0 Å². The maximum atomic E-state index is 11.7. The molecule has 0 bridgehead atoms. The molecule has 1 aliphatic heterocycles. The van der Waals surface area contributed by atoms with Crippen molar-refractivity contribution in [3.05, 3.63) is 76.7 Å². The van der Waals surface area contributed by atoms with Crippen molar-refractivity contribution in [2.75, 3.05) is 32.8 Å². The van der Waals surface area contributed by atoms with E-state index in [0.29, 0.717) is 30.3 Å². The highest BCUT2D eigenvalue weighted by atomic mass is 35.5. The lowest BCUT2D eigenvalue weighted by molar-refractivity contribution is 0.248. The predicted molar refractivity (Wildman–Crippen MR) is 126 cm³/mol. The fourth-order valence-corrected chi connectivity index (χ4v) is 3.78. The summed E-state index contributed by atoms with van der Waals surface area (Å²) >= 11 is 0. The van der Waals surface area contributed by atoms with Crippen molar-refractivity contribution in [3.8, 4) is 11.5 Å². The second kappa shape index (κ2) is 11.0. The number of benzene rings is 2. The highest BCUT2D eigenvalue weighted by Gasteiger charge is 2.13. The van der Waals surface area contributed by atoms with E-state index in [2.05, 4.69) is 41.3 Å². The summed E-state index contributed by atoms with van der Waals surface area (Å²) in [6.07, 6.45) is 4.35. The number of nitrogens with zero attached hydrogens (tertiary/aromatic N) is 1. The van der Waals surface area contributed by atoms with Crippen LogP contribution < -0.4 is 15.1 Å². The van der Waals surface area contributed by atoms with Gasteiger partial charge >= 0.3 is 5.63 Å². The summed E-state index contributed by atoms with van der Waals surface area (Å²) in [5.41, 5.74) is 2.83. The molecule has 0 N–H and O–H groups in total. The van der Waals surface area contributed by atoms with Gasteiger partial charge in [0.1, 0.15) is 17.1 Å². The Hall–Kier alpha value is -2.76. The lowest BCUT2D eigenvalue weighted by Crippen LogP contribution is -2.30. The Morgan fingerprint density at radius 2 is 1.90 bits per heavy atom. The molecule has 31 heavy (non-hydrogen) atoms. The minimum absolute atomic E-state index is 0. The van der Waals surface area contributed by atoms with Crippen molar-refractivity contribution >= 4 is 28.9 Å². The standard InChI is InChI=1S/C25H27NO4.ClH/c1-2-28-23-18-25(27)30-24-17-21(9-10-22(23)24)29-16-6-13-26-14-11-20(12-15-26)19-7-4-3-5-8-19;/h3-5,7-11,17-18H,2,6,12-16H2,1H3;1H. The maximum absolute atomic E-state index is 11.7. The molecular formula is C25H28ClNO4. The molecule has 0 unspecified atom stereocenters. The van der Waals surface area contributed by atoms with Gasteiger partial charge in [-0.3, -0.25) is 4.90 Å². The molecule has 4 rings (SSSR count). The van der Waals surface area contributed by atoms with E-state index in [4.69, 9.17) is 13.9 Å². The van der Waals surface area contributed by atoms with Crippen LogP contribution in [0.4, 0.5) is 0 Å². The Bertz CT molecular complexity index is 1080. The number of ether oxygens (including phenoxy) is 2. The number of halogens is 1. The van der Waals surface area contributed by atoms with Crippen LogP contribution in [0.25, 0.3) is 16.5 Å². The van der Waals surface area contributed by atoms with Crippen LogP contribution in [-0.4, -0.2) is 37.7 Å². The van der Waals surface area contributed by atoms with E-state index in [1.807, 2.05) is 19.1 Å². The second-order valence-electron chi connectivity index (χ2n) is 7.37. The Kier molecular flexibility index (Phi) is 8.15. The van der Waals surface area contributed by atoms with Crippen molar-refractivity contribution in [2.45, 2.75) is 19.8 Å². The summed E-state index contributed by atoms with van der Waals surface area (Å²) < 4.78 is 16.7. The van der Waals surface area contributed by atoms with E-state index < -0.39 is 5.63 Å². The van der Waals surface area contributed by atoms with Crippen LogP contribution in [0.3, 0.4) is 0 Å². The van der Waals surface area contributed by atoms with Crippen molar-refractivity contribution in [1.29, 1.82) is 0 Å². The minimum Gasteiger partial charge on any atom is -0.493 e. The highest BCUT2D eigenvalue weighted by molar-refractivity contribution is 5.85. The zero-order chi connectivity index (χ0) is 20.8. The minimum atomic E-state index is -0.420. The molecule has 0 aliphatic carbocycles. The van der Waals surface area contributed by atoms with Crippen molar-refractivity contribution in [3.63, 3.8) is 0 Å². The fraction of sp³-hybridized carbons (Fsp3) is 0.320. The number of rotatable bonds is 8. The maximum Gasteiger partial charge on any atom is 0.339 e. The van der Waals surface area contributed by atoms with Crippen molar-refractivity contribution < 1.29 is 13.9 Å². The van der Waals surface area contributed by atoms with Gasteiger partial charge in [0.2, 0.25) is 0 Å². The molecule has 0 atom stereocenters. The molecule has 2 aromatic carbocycles. The molecule has 0 saturated carbocycles. The third-order valence-corrected chi connectivity index (χ3v) is 5.30. The summed E-state index contributed by atoms with van der Waals surface area (Å²) in [4.78, 5) is 14.2. The van der Waals surface area contributed by atoms with Crippen LogP contribution >= 0.6 is 12.4 Å². The zero-order valence-electron chi connectivity index (χ0n) is 17.7. The Morgan fingerprint density at radius 1 is 1.06 bits per heavy atom. The molecular weight excluding hydrogens is 414 g/mol. The topological polar surface area (TPSA) is 51.9 Å². The lowest BCUT2D eigenvalue weighted by atomic mass is 9.99. The third-order valence-electron chi connectivity index (χ3n) is 5.30. The van der Waals surface area contributed by atoms with Gasteiger partial charge in [-0.15, -0.1) is 12.4 Å². The van der Waals surface area contributed by atoms with E-state index in [1.165, 1.54) is 17.2 Å². The summed E-state index contributed by atoms with van der Waals surface area (Å²) in [5.74, 6) is 1.24. The van der Waals surface area contributed by atoms with Crippen molar-refractivity contribution in [2.24, 2.45) is 0 Å².